The van der Waals surface area contributed by atoms with Crippen LogP contribution in [0.15, 0.2) is 68.8 Å². The highest BCUT2D eigenvalue weighted by Gasteiger charge is 2.22. The number of aliphatic hydroxyl groups is 1. The van der Waals surface area contributed by atoms with Crippen LogP contribution in [0.5, 0.6) is 0 Å². The number of nitrogens with zero attached hydrogens (tertiary/aromatic N) is 8. The van der Waals surface area contributed by atoms with Crippen LogP contribution < -0.4 is 5.73 Å². The lowest BCUT2D eigenvalue weighted by Crippen LogP contribution is -2.07. The normalized spacial score (nSPS) is 12.2. The van der Waals surface area contributed by atoms with Crippen molar-refractivity contribution in [2.24, 2.45) is 10.2 Å². The van der Waals surface area contributed by atoms with Crippen LogP contribution in [0.2, 0.25) is 0 Å². The highest BCUT2D eigenvalue weighted by Crippen LogP contribution is 2.36. The van der Waals surface area contributed by atoms with E-state index in [-0.39, 0.29) is 47.4 Å². The van der Waals surface area contributed by atoms with Crippen LogP contribution in [0.1, 0.15) is 5.56 Å². The number of pyridine rings is 1. The van der Waals surface area contributed by atoms with Crippen LogP contribution in [-0.4, -0.2) is 62.2 Å². The SMILES string of the molecule is N#Cc1cnn(-c2cc(S(=O)(=O)O)cc(S(=O)(=O)O)c2)c1/N=N/c1c(-c2ccccn2)nn(CCO)c1N. The maximum absolute atomic E-state index is 11.7. The number of nitrogen functional groups attached to an aromatic ring is 1. The number of anilines is 1. The number of hydrogen-bond acceptors (Lipinski definition) is 12. The number of aromatic nitrogens is 5. The minimum absolute atomic E-state index is 0.00931. The van der Waals surface area contributed by atoms with Crippen molar-refractivity contribution < 1.29 is 31.0 Å². The van der Waals surface area contributed by atoms with Gasteiger partial charge >= 0.3 is 0 Å². The van der Waals surface area contributed by atoms with E-state index >= 15 is 0 Å². The van der Waals surface area contributed by atoms with Gasteiger partial charge in [-0.25, -0.2) is 9.36 Å². The molecule has 0 atom stereocenters. The van der Waals surface area contributed by atoms with E-state index in [0.717, 1.165) is 23.0 Å². The monoisotopic (exact) mass is 559 g/mol. The summed E-state index contributed by atoms with van der Waals surface area (Å²) in [5.74, 6) is -0.266. The molecule has 196 valence electrons. The van der Waals surface area contributed by atoms with Gasteiger partial charge in [0.05, 0.1) is 40.5 Å². The van der Waals surface area contributed by atoms with Gasteiger partial charge in [-0.1, -0.05) is 6.07 Å². The summed E-state index contributed by atoms with van der Waals surface area (Å²) in [4.78, 5) is 2.47. The van der Waals surface area contributed by atoms with E-state index < -0.39 is 30.0 Å². The van der Waals surface area contributed by atoms with Crippen LogP contribution in [-0.2, 0) is 26.8 Å². The molecule has 0 amide bonds. The average Bonchev–Trinajstić information content (AvgIpc) is 3.42. The van der Waals surface area contributed by atoms with Crippen LogP contribution in [0.3, 0.4) is 0 Å². The van der Waals surface area contributed by atoms with Gasteiger partial charge in [-0.2, -0.15) is 32.3 Å². The molecule has 0 aliphatic heterocycles. The number of azo groups is 1. The molecule has 38 heavy (non-hydrogen) atoms. The number of rotatable bonds is 8. The summed E-state index contributed by atoms with van der Waals surface area (Å²) in [6.45, 7) is -0.251. The Labute approximate surface area is 214 Å². The molecule has 0 spiro atoms. The van der Waals surface area contributed by atoms with E-state index in [1.165, 1.54) is 10.9 Å². The molecule has 5 N–H and O–H groups in total. The van der Waals surface area contributed by atoms with E-state index in [2.05, 4.69) is 25.4 Å². The number of nitrogens with two attached hydrogens (primary N) is 1. The number of nitriles is 1. The van der Waals surface area contributed by atoms with E-state index in [4.69, 9.17) is 5.73 Å². The average molecular weight is 560 g/mol. The Kier molecular flexibility index (Phi) is 7.03. The molecule has 4 aromatic rings. The summed E-state index contributed by atoms with van der Waals surface area (Å²) < 4.78 is 68.0. The minimum Gasteiger partial charge on any atom is -0.394 e. The molecule has 4 rings (SSSR count). The van der Waals surface area contributed by atoms with Gasteiger partial charge in [0, 0.05) is 6.20 Å². The Hall–Kier alpha value is -4.54. The van der Waals surface area contributed by atoms with E-state index in [1.807, 2.05) is 6.07 Å². The Bertz CT molecular complexity index is 1760. The molecule has 0 saturated carbocycles. The van der Waals surface area contributed by atoms with Crippen LogP contribution in [0.25, 0.3) is 17.1 Å². The van der Waals surface area contributed by atoms with Crippen molar-refractivity contribution in [2.45, 2.75) is 16.3 Å². The van der Waals surface area contributed by atoms with Gasteiger partial charge in [-0.3, -0.25) is 14.1 Å². The topological polar surface area (TPSA) is 252 Å². The van der Waals surface area contributed by atoms with Crippen molar-refractivity contribution in [3.05, 3.63) is 54.4 Å². The van der Waals surface area contributed by atoms with Crippen molar-refractivity contribution >= 4 is 37.6 Å². The summed E-state index contributed by atoms with van der Waals surface area (Å²) in [6, 6.07) is 9.08. The second kappa shape index (κ2) is 10.1. The third-order valence-electron chi connectivity index (χ3n) is 5.00. The number of benzene rings is 1. The Morgan fingerprint density at radius 1 is 1.05 bits per heavy atom. The molecule has 0 aliphatic rings. The molecular weight excluding hydrogens is 542 g/mol. The second-order valence-corrected chi connectivity index (χ2v) is 10.3. The first-order chi connectivity index (χ1) is 17.9. The maximum Gasteiger partial charge on any atom is 0.294 e. The van der Waals surface area contributed by atoms with Gasteiger partial charge in [0.1, 0.15) is 17.3 Å². The summed E-state index contributed by atoms with van der Waals surface area (Å²) in [5.41, 5.74) is 6.31. The van der Waals surface area contributed by atoms with Crippen LogP contribution in [0, 0.1) is 11.3 Å². The minimum atomic E-state index is -4.92. The zero-order chi connectivity index (χ0) is 27.7. The van der Waals surface area contributed by atoms with E-state index in [0.29, 0.717) is 11.8 Å². The zero-order valence-corrected chi connectivity index (χ0v) is 20.6. The fraction of sp³-hybridized carbons (Fsp3) is 0.100. The highest BCUT2D eigenvalue weighted by molar-refractivity contribution is 7.86. The van der Waals surface area contributed by atoms with Gasteiger partial charge in [0.2, 0.25) is 0 Å². The van der Waals surface area contributed by atoms with Gasteiger partial charge < -0.3 is 10.8 Å². The summed E-state index contributed by atoms with van der Waals surface area (Å²) in [5, 5.41) is 35.3. The molecule has 0 radical (unpaired) electrons. The third-order valence-corrected chi connectivity index (χ3v) is 6.66. The van der Waals surface area contributed by atoms with Gasteiger partial charge in [0.25, 0.3) is 20.2 Å². The molecule has 3 aromatic heterocycles. The first-order valence-electron chi connectivity index (χ1n) is 10.3. The van der Waals surface area contributed by atoms with Crippen LogP contribution in [0.4, 0.5) is 17.3 Å². The molecule has 0 unspecified atom stereocenters. The smallest absolute Gasteiger partial charge is 0.294 e. The lowest BCUT2D eigenvalue weighted by atomic mass is 10.2. The maximum atomic E-state index is 11.7. The standard InChI is InChI=1S/C20H17N9O7S2/c21-10-12-11-24-29(13-7-14(37(31,32)33)9-15(8-13)38(34,35)36)20(12)26-25-18-17(16-3-1-2-4-23-16)27-28(5-6-30)19(18)22/h1-4,7-9,11,30H,5-6,22H2,(H,31,32,33)(H,34,35,36)/b26-25+. The molecular formula is C20H17N9O7S2. The molecule has 0 bridgehead atoms. The molecule has 0 saturated heterocycles. The summed E-state index contributed by atoms with van der Waals surface area (Å²) in [6.07, 6.45) is 2.56. The van der Waals surface area contributed by atoms with Gasteiger partial charge in [-0.05, 0) is 30.3 Å². The van der Waals surface area contributed by atoms with Crippen molar-refractivity contribution in [1.29, 1.82) is 5.26 Å². The van der Waals surface area contributed by atoms with Crippen molar-refractivity contribution in [3.63, 3.8) is 0 Å². The largest absolute Gasteiger partial charge is 0.394 e. The number of aliphatic hydroxyl groups excluding tert-OH is 1. The fourth-order valence-electron chi connectivity index (χ4n) is 3.28. The Morgan fingerprint density at radius 2 is 1.74 bits per heavy atom. The van der Waals surface area contributed by atoms with Crippen molar-refractivity contribution in [1.82, 2.24) is 24.5 Å². The van der Waals surface area contributed by atoms with Crippen LogP contribution >= 0.6 is 0 Å². The second-order valence-electron chi connectivity index (χ2n) is 7.46. The molecule has 3 heterocycles. The summed E-state index contributed by atoms with van der Waals surface area (Å²) in [7, 11) is -9.84. The number of hydrogen-bond donors (Lipinski definition) is 4. The van der Waals surface area contributed by atoms with Crippen molar-refractivity contribution in [2.75, 3.05) is 12.3 Å². The first kappa shape index (κ1) is 26.5. The molecule has 18 heteroatoms. The molecule has 0 fully saturated rings. The molecule has 0 aliphatic carbocycles. The van der Waals surface area contributed by atoms with E-state index in [9.17, 15) is 36.3 Å². The fourth-order valence-corrected chi connectivity index (χ4v) is 4.45. The summed E-state index contributed by atoms with van der Waals surface area (Å²) >= 11 is 0. The lowest BCUT2D eigenvalue weighted by molar-refractivity contribution is 0.270. The predicted octanol–water partition coefficient (Wildman–Crippen LogP) is 1.49. The third kappa shape index (κ3) is 5.26. The zero-order valence-electron chi connectivity index (χ0n) is 19.0. The highest BCUT2D eigenvalue weighted by atomic mass is 32.2. The van der Waals surface area contributed by atoms with Gasteiger partial charge in [0.15, 0.2) is 17.3 Å². The lowest BCUT2D eigenvalue weighted by Gasteiger charge is -2.08. The molecule has 16 nitrogen and oxygen atoms in total. The van der Waals surface area contributed by atoms with Crippen molar-refractivity contribution in [3.8, 4) is 23.1 Å². The first-order valence-corrected chi connectivity index (χ1v) is 13.2. The molecule has 1 aromatic carbocycles. The Morgan fingerprint density at radius 3 is 2.29 bits per heavy atom. The quantitative estimate of drug-likeness (QED) is 0.177. The van der Waals surface area contributed by atoms with E-state index in [1.54, 1.807) is 18.2 Å². The Balaban J connectivity index is 1.91. The predicted molar refractivity (Wildman–Crippen MR) is 129 cm³/mol. The van der Waals surface area contributed by atoms with Gasteiger partial charge in [-0.15, -0.1) is 10.2 Å².